The lowest BCUT2D eigenvalue weighted by atomic mass is 9.98. The number of amides is 3. The topological polar surface area (TPSA) is 155 Å². The molecule has 0 bridgehead atoms. The average Bonchev–Trinajstić information content (AvgIpc) is 4.00. The van der Waals surface area contributed by atoms with E-state index in [-0.39, 0.29) is 41.8 Å². The number of benzene rings is 4. The molecule has 58 heavy (non-hydrogen) atoms. The van der Waals surface area contributed by atoms with Gasteiger partial charge in [-0.05, 0) is 91.6 Å². The first kappa shape index (κ1) is 39.2. The van der Waals surface area contributed by atoms with Crippen LogP contribution in [0.5, 0.6) is 0 Å². The summed E-state index contributed by atoms with van der Waals surface area (Å²) in [6, 6.07) is 20.0. The van der Waals surface area contributed by atoms with Crippen LogP contribution in [0.1, 0.15) is 78.1 Å². The third-order valence-electron chi connectivity index (χ3n) is 11.5. The minimum atomic E-state index is -0.704. The van der Waals surface area contributed by atoms with E-state index < -0.39 is 17.7 Å². The third kappa shape index (κ3) is 7.43. The van der Waals surface area contributed by atoms with E-state index in [4.69, 9.17) is 24.2 Å². The molecular formula is C45H53N7O6. The highest BCUT2D eigenvalue weighted by molar-refractivity contribution is 6.07. The zero-order valence-corrected chi connectivity index (χ0v) is 34.5. The number of ether oxygens (including phenoxy) is 3. The second kappa shape index (κ2) is 15.2. The monoisotopic (exact) mass is 787 g/mol. The van der Waals surface area contributed by atoms with Gasteiger partial charge in [0.25, 0.3) is 0 Å². The number of carbonyl (C=O) groups excluding carboxylic acids is 3. The van der Waals surface area contributed by atoms with Crippen molar-refractivity contribution in [2.24, 2.45) is 17.8 Å². The molecule has 2 saturated heterocycles. The van der Waals surface area contributed by atoms with Gasteiger partial charge in [-0.3, -0.25) is 9.69 Å². The first-order valence-corrected chi connectivity index (χ1v) is 20.2. The van der Waals surface area contributed by atoms with Gasteiger partial charge in [0.2, 0.25) is 5.91 Å². The fourth-order valence-corrected chi connectivity index (χ4v) is 8.80. The van der Waals surface area contributed by atoms with Gasteiger partial charge in [0.05, 0.1) is 47.9 Å². The number of aromatic nitrogens is 4. The molecule has 0 saturated carbocycles. The van der Waals surface area contributed by atoms with Crippen LogP contribution in [0, 0.1) is 17.8 Å². The van der Waals surface area contributed by atoms with Gasteiger partial charge in [-0.1, -0.05) is 57.2 Å². The summed E-state index contributed by atoms with van der Waals surface area (Å²) in [7, 11) is 2.99. The Hall–Kier alpha value is -5.69. The van der Waals surface area contributed by atoms with Crippen LogP contribution in [0.4, 0.5) is 9.59 Å². The number of alkyl carbamates (subject to hydrolysis) is 1. The van der Waals surface area contributed by atoms with Gasteiger partial charge in [-0.25, -0.2) is 19.6 Å². The zero-order chi connectivity index (χ0) is 41.0. The number of likely N-dealkylation sites (tertiary alicyclic amines) is 2. The highest BCUT2D eigenvalue weighted by atomic mass is 16.6. The van der Waals surface area contributed by atoms with Crippen molar-refractivity contribution >= 4 is 61.7 Å². The van der Waals surface area contributed by atoms with E-state index in [9.17, 15) is 14.4 Å². The Bertz CT molecular complexity index is 2540. The number of carbonyl (C=O) groups is 3. The van der Waals surface area contributed by atoms with Crippen molar-refractivity contribution in [3.63, 3.8) is 0 Å². The Kier molecular flexibility index (Phi) is 10.3. The van der Waals surface area contributed by atoms with E-state index in [0.717, 1.165) is 79.2 Å². The van der Waals surface area contributed by atoms with Crippen molar-refractivity contribution in [1.82, 2.24) is 35.1 Å². The Balaban J connectivity index is 1.07. The lowest BCUT2D eigenvalue weighted by Crippen LogP contribution is -2.51. The SMILES string of the molecule is COCC1CC(c2nc3c(ccc4cc(-c5ccc6c(ccc7[nH]c(C8CC(C)CN8C(=O)C(NC(=O)OC)C(C)C)nc76)c5)ccc43)[nH]2)N(C(=O)OC(C)(C)C)C1. The van der Waals surface area contributed by atoms with E-state index in [0.29, 0.717) is 19.7 Å². The van der Waals surface area contributed by atoms with E-state index in [1.54, 1.807) is 12.0 Å². The number of hydrogen-bond donors (Lipinski definition) is 3. The lowest BCUT2D eigenvalue weighted by molar-refractivity contribution is -0.135. The number of nitrogens with zero attached hydrogens (tertiary/aromatic N) is 4. The van der Waals surface area contributed by atoms with Gasteiger partial charge in [-0.2, -0.15) is 0 Å². The Morgan fingerprint density at radius 3 is 1.90 bits per heavy atom. The van der Waals surface area contributed by atoms with Crippen LogP contribution in [0.15, 0.2) is 60.7 Å². The Labute approximate surface area is 337 Å². The third-order valence-corrected chi connectivity index (χ3v) is 11.5. The Morgan fingerprint density at radius 2 is 1.38 bits per heavy atom. The highest BCUT2D eigenvalue weighted by Gasteiger charge is 2.41. The molecule has 0 radical (unpaired) electrons. The maximum atomic E-state index is 13.9. The molecule has 304 valence electrons. The van der Waals surface area contributed by atoms with Gasteiger partial charge in [-0.15, -0.1) is 0 Å². The van der Waals surface area contributed by atoms with E-state index in [2.05, 4.69) is 82.9 Å². The molecule has 2 fully saturated rings. The van der Waals surface area contributed by atoms with Crippen molar-refractivity contribution in [3.8, 4) is 11.1 Å². The molecule has 6 aromatic rings. The summed E-state index contributed by atoms with van der Waals surface area (Å²) in [6.07, 6.45) is 0.534. The summed E-state index contributed by atoms with van der Waals surface area (Å²) in [6.45, 7) is 13.3. The second-order valence-corrected chi connectivity index (χ2v) is 17.4. The van der Waals surface area contributed by atoms with Crippen molar-refractivity contribution in [2.75, 3.05) is 33.9 Å². The van der Waals surface area contributed by atoms with Crippen molar-refractivity contribution in [2.45, 2.75) is 78.1 Å². The summed E-state index contributed by atoms with van der Waals surface area (Å²) in [5, 5.41) is 6.91. The van der Waals surface area contributed by atoms with Gasteiger partial charge < -0.3 is 34.4 Å². The van der Waals surface area contributed by atoms with Gasteiger partial charge in [0.15, 0.2) is 0 Å². The van der Waals surface area contributed by atoms with E-state index in [1.807, 2.05) is 39.5 Å². The minimum Gasteiger partial charge on any atom is -0.453 e. The Morgan fingerprint density at radius 1 is 0.810 bits per heavy atom. The molecule has 2 aromatic heterocycles. The predicted molar refractivity (Wildman–Crippen MR) is 224 cm³/mol. The normalized spacial score (nSPS) is 20.5. The van der Waals surface area contributed by atoms with Gasteiger partial charge >= 0.3 is 12.2 Å². The van der Waals surface area contributed by atoms with Crippen molar-refractivity contribution < 1.29 is 28.6 Å². The quantitative estimate of drug-likeness (QED) is 0.139. The minimum absolute atomic E-state index is 0.117. The van der Waals surface area contributed by atoms with Crippen molar-refractivity contribution in [3.05, 3.63) is 72.3 Å². The molecule has 5 atom stereocenters. The second-order valence-electron chi connectivity index (χ2n) is 17.4. The molecule has 4 aromatic carbocycles. The van der Waals surface area contributed by atoms with Crippen LogP contribution < -0.4 is 5.32 Å². The van der Waals surface area contributed by atoms with Crippen LogP contribution in [0.2, 0.25) is 0 Å². The molecule has 2 aliphatic rings. The molecule has 13 heteroatoms. The number of rotatable bonds is 8. The fourth-order valence-electron chi connectivity index (χ4n) is 8.80. The van der Waals surface area contributed by atoms with E-state index >= 15 is 0 Å². The first-order valence-electron chi connectivity index (χ1n) is 20.2. The lowest BCUT2D eigenvalue weighted by Gasteiger charge is -2.30. The number of imidazole rings is 2. The van der Waals surface area contributed by atoms with Crippen LogP contribution in [0.3, 0.4) is 0 Å². The summed E-state index contributed by atoms with van der Waals surface area (Å²) in [5.41, 5.74) is 5.10. The van der Waals surface area contributed by atoms with E-state index in [1.165, 1.54) is 7.11 Å². The van der Waals surface area contributed by atoms with Gasteiger partial charge in [0.1, 0.15) is 23.3 Å². The molecule has 5 unspecified atom stereocenters. The van der Waals surface area contributed by atoms with Crippen LogP contribution >= 0.6 is 0 Å². The highest BCUT2D eigenvalue weighted by Crippen LogP contribution is 2.40. The molecule has 0 spiro atoms. The van der Waals surface area contributed by atoms with Gasteiger partial charge in [0, 0.05) is 36.9 Å². The maximum absolute atomic E-state index is 13.9. The maximum Gasteiger partial charge on any atom is 0.410 e. The average molecular weight is 788 g/mol. The molecule has 3 N–H and O–H groups in total. The molecule has 8 rings (SSSR count). The van der Waals surface area contributed by atoms with Crippen LogP contribution in [-0.2, 0) is 19.0 Å². The number of fused-ring (bicyclic) bond motifs is 6. The molecule has 2 aliphatic heterocycles. The number of methoxy groups -OCH3 is 2. The molecule has 3 amide bonds. The largest absolute Gasteiger partial charge is 0.453 e. The smallest absolute Gasteiger partial charge is 0.410 e. The zero-order valence-electron chi connectivity index (χ0n) is 34.5. The number of aromatic amines is 2. The standard InChI is InChI=1S/C45H53N7O6/c1-24(2)37(50-43(54)57-8)42(53)51-21-25(3)17-35(51)40-46-33-15-11-29-19-27(9-13-31(29)38(33)48-40)28-10-14-32-30(20-28)12-16-34-39(32)49-41(47-34)36-18-26(23-56-7)22-52(36)44(55)58-45(4,5)6/h9-16,19-20,24-26,35-37H,17-18,21-23H2,1-8H3,(H,46,48)(H,47,49)(H,50,54). The predicted octanol–water partition coefficient (Wildman–Crippen LogP) is 8.65. The summed E-state index contributed by atoms with van der Waals surface area (Å²) in [5.74, 6) is 1.69. The van der Waals surface area contributed by atoms with Crippen LogP contribution in [-0.4, -0.2) is 93.4 Å². The number of nitrogens with one attached hydrogen (secondary N) is 3. The fraction of sp³-hybridized carbons (Fsp3) is 0.444. The van der Waals surface area contributed by atoms with Crippen LogP contribution in [0.25, 0.3) is 54.7 Å². The molecule has 13 nitrogen and oxygen atoms in total. The van der Waals surface area contributed by atoms with Crippen molar-refractivity contribution in [1.29, 1.82) is 0 Å². The molecular weight excluding hydrogens is 735 g/mol. The summed E-state index contributed by atoms with van der Waals surface area (Å²) < 4.78 is 16.1. The number of H-pyrrole nitrogens is 2. The first-order chi connectivity index (χ1) is 27.7. The number of hydrogen-bond acceptors (Lipinski definition) is 8. The molecule has 0 aliphatic carbocycles. The summed E-state index contributed by atoms with van der Waals surface area (Å²) in [4.78, 5) is 60.2. The molecule has 4 heterocycles. The summed E-state index contributed by atoms with van der Waals surface area (Å²) >= 11 is 0.